The van der Waals surface area contributed by atoms with Crippen LogP contribution in [0.15, 0.2) is 48.2 Å². The van der Waals surface area contributed by atoms with E-state index >= 15 is 0 Å². The van der Waals surface area contributed by atoms with E-state index in [-0.39, 0.29) is 24.3 Å². The smallest absolute Gasteiger partial charge is 0.278 e. The lowest BCUT2D eigenvalue weighted by Crippen LogP contribution is -2.33. The Labute approximate surface area is 194 Å². The molecule has 7 heteroatoms. The highest BCUT2D eigenvalue weighted by Crippen LogP contribution is 2.36. The lowest BCUT2D eigenvalue weighted by molar-refractivity contribution is -0.136. The number of carbonyl (C=O) groups excluding carboxylic acids is 2. The van der Waals surface area contributed by atoms with Crippen molar-refractivity contribution >= 4 is 23.1 Å². The van der Waals surface area contributed by atoms with Crippen LogP contribution in [0.5, 0.6) is 17.2 Å². The molecule has 2 aliphatic heterocycles. The van der Waals surface area contributed by atoms with Crippen molar-refractivity contribution in [2.75, 3.05) is 25.3 Å². The summed E-state index contributed by atoms with van der Waals surface area (Å²) in [5.41, 5.74) is 1.96. The van der Waals surface area contributed by atoms with Gasteiger partial charge in [-0.15, -0.1) is 0 Å². The zero-order chi connectivity index (χ0) is 23.4. The Bertz CT molecular complexity index is 1060. The number of amides is 2. The highest BCUT2D eigenvalue weighted by Gasteiger charge is 2.39. The van der Waals surface area contributed by atoms with Crippen LogP contribution in [0.2, 0.25) is 0 Å². The maximum atomic E-state index is 13.3. The van der Waals surface area contributed by atoms with E-state index in [0.29, 0.717) is 47.4 Å². The molecule has 174 valence electrons. The summed E-state index contributed by atoms with van der Waals surface area (Å²) >= 11 is 0. The first kappa shape index (κ1) is 22.7. The monoisotopic (exact) mass is 450 g/mol. The molecule has 0 radical (unpaired) electrons. The summed E-state index contributed by atoms with van der Waals surface area (Å²) in [4.78, 5) is 27.9. The fourth-order valence-electron chi connectivity index (χ4n) is 3.78. The number of unbranched alkanes of at least 4 members (excludes halogenated alkanes) is 2. The van der Waals surface area contributed by atoms with Gasteiger partial charge in [-0.1, -0.05) is 45.7 Å². The Morgan fingerprint density at radius 3 is 2.48 bits per heavy atom. The van der Waals surface area contributed by atoms with Crippen LogP contribution < -0.4 is 19.5 Å². The van der Waals surface area contributed by atoms with E-state index in [9.17, 15) is 9.59 Å². The SMILES string of the molecule is CCCCCN1C(=O)C(Nc2ccc3c(c2)OCO3)=C(c2ccc(OCC(C)C)cc2)C1=O. The zero-order valence-corrected chi connectivity index (χ0v) is 19.3. The lowest BCUT2D eigenvalue weighted by atomic mass is 10.0. The van der Waals surface area contributed by atoms with Crippen LogP contribution in [-0.2, 0) is 9.59 Å². The van der Waals surface area contributed by atoms with E-state index in [0.717, 1.165) is 25.0 Å². The van der Waals surface area contributed by atoms with Crippen LogP contribution in [-0.4, -0.2) is 36.7 Å². The molecule has 0 spiro atoms. The van der Waals surface area contributed by atoms with Gasteiger partial charge >= 0.3 is 0 Å². The number of hydrogen-bond donors (Lipinski definition) is 1. The quantitative estimate of drug-likeness (QED) is 0.413. The number of nitrogens with one attached hydrogen (secondary N) is 1. The molecule has 2 amide bonds. The van der Waals surface area contributed by atoms with Crippen LogP contribution >= 0.6 is 0 Å². The largest absolute Gasteiger partial charge is 0.493 e. The summed E-state index contributed by atoms with van der Waals surface area (Å²) in [5.74, 6) is 1.80. The van der Waals surface area contributed by atoms with Gasteiger partial charge in [0.15, 0.2) is 11.5 Å². The third kappa shape index (κ3) is 4.97. The van der Waals surface area contributed by atoms with Crippen molar-refractivity contribution in [2.24, 2.45) is 5.92 Å². The zero-order valence-electron chi connectivity index (χ0n) is 19.3. The molecule has 2 aromatic carbocycles. The fraction of sp³-hybridized carbons (Fsp3) is 0.385. The predicted molar refractivity (Wildman–Crippen MR) is 126 cm³/mol. The van der Waals surface area contributed by atoms with E-state index in [4.69, 9.17) is 14.2 Å². The predicted octanol–water partition coefficient (Wildman–Crippen LogP) is 4.83. The van der Waals surface area contributed by atoms with Gasteiger partial charge in [-0.05, 0) is 42.2 Å². The number of rotatable bonds is 10. The van der Waals surface area contributed by atoms with Crippen molar-refractivity contribution in [1.82, 2.24) is 4.90 Å². The van der Waals surface area contributed by atoms with Crippen molar-refractivity contribution < 1.29 is 23.8 Å². The third-order valence-corrected chi connectivity index (χ3v) is 5.52. The van der Waals surface area contributed by atoms with Gasteiger partial charge in [0.05, 0.1) is 12.2 Å². The second-order valence-electron chi connectivity index (χ2n) is 8.64. The van der Waals surface area contributed by atoms with Gasteiger partial charge in [0.1, 0.15) is 11.4 Å². The van der Waals surface area contributed by atoms with Crippen LogP contribution in [0.25, 0.3) is 5.57 Å². The molecule has 0 aliphatic carbocycles. The van der Waals surface area contributed by atoms with Gasteiger partial charge in [0.2, 0.25) is 6.79 Å². The molecule has 0 atom stereocenters. The minimum absolute atomic E-state index is 0.167. The van der Waals surface area contributed by atoms with E-state index in [1.807, 2.05) is 24.3 Å². The van der Waals surface area contributed by atoms with Crippen LogP contribution in [0.4, 0.5) is 5.69 Å². The maximum Gasteiger partial charge on any atom is 0.278 e. The number of imide groups is 1. The first-order valence-electron chi connectivity index (χ1n) is 11.5. The molecule has 33 heavy (non-hydrogen) atoms. The Kier molecular flexibility index (Phi) is 6.87. The summed E-state index contributed by atoms with van der Waals surface area (Å²) in [7, 11) is 0. The second-order valence-corrected chi connectivity index (χ2v) is 8.64. The number of fused-ring (bicyclic) bond motifs is 1. The Hall–Kier alpha value is -3.48. The molecule has 0 fully saturated rings. The van der Waals surface area contributed by atoms with Crippen molar-refractivity contribution in [1.29, 1.82) is 0 Å². The second kappa shape index (κ2) is 9.98. The Morgan fingerprint density at radius 1 is 1.00 bits per heavy atom. The summed E-state index contributed by atoms with van der Waals surface area (Å²) < 4.78 is 16.6. The molecule has 2 aromatic rings. The molecule has 0 bridgehead atoms. The molecular formula is C26H30N2O5. The van der Waals surface area contributed by atoms with Crippen LogP contribution in [0, 0.1) is 5.92 Å². The van der Waals surface area contributed by atoms with Gasteiger partial charge in [-0.3, -0.25) is 14.5 Å². The van der Waals surface area contributed by atoms with Crippen molar-refractivity contribution in [3.63, 3.8) is 0 Å². The summed E-state index contributed by atoms with van der Waals surface area (Å²) in [5, 5.41) is 3.18. The average molecular weight is 451 g/mol. The average Bonchev–Trinajstić information content (AvgIpc) is 3.36. The van der Waals surface area contributed by atoms with Crippen molar-refractivity contribution in [3.05, 3.63) is 53.7 Å². The van der Waals surface area contributed by atoms with Crippen molar-refractivity contribution in [2.45, 2.75) is 40.0 Å². The summed E-state index contributed by atoms with van der Waals surface area (Å²) in [6, 6.07) is 12.7. The van der Waals surface area contributed by atoms with E-state index < -0.39 is 0 Å². The first-order valence-corrected chi connectivity index (χ1v) is 11.5. The summed E-state index contributed by atoms with van der Waals surface area (Å²) in [6.07, 6.45) is 2.75. The van der Waals surface area contributed by atoms with E-state index in [1.54, 1.807) is 18.2 Å². The molecule has 0 aromatic heterocycles. The number of benzene rings is 2. The molecule has 7 nitrogen and oxygen atoms in total. The van der Waals surface area contributed by atoms with Crippen molar-refractivity contribution in [3.8, 4) is 17.2 Å². The summed E-state index contributed by atoms with van der Waals surface area (Å²) in [6.45, 7) is 7.44. The highest BCUT2D eigenvalue weighted by atomic mass is 16.7. The third-order valence-electron chi connectivity index (χ3n) is 5.52. The molecular weight excluding hydrogens is 420 g/mol. The molecule has 4 rings (SSSR count). The standard InChI is InChI=1S/C26H30N2O5/c1-4-5-6-13-28-25(29)23(18-7-10-20(11-8-18)31-15-17(2)3)24(26(28)30)27-19-9-12-21-22(14-19)33-16-32-21/h7-12,14,17,27H,4-6,13,15-16H2,1-3H3. The topological polar surface area (TPSA) is 77.1 Å². The Morgan fingerprint density at radius 2 is 1.76 bits per heavy atom. The first-order chi connectivity index (χ1) is 16.0. The molecule has 0 saturated carbocycles. The van der Waals surface area contributed by atoms with Gasteiger partial charge in [-0.2, -0.15) is 0 Å². The van der Waals surface area contributed by atoms with E-state index in [1.165, 1.54) is 4.90 Å². The van der Waals surface area contributed by atoms with Crippen LogP contribution in [0.3, 0.4) is 0 Å². The number of hydrogen-bond acceptors (Lipinski definition) is 6. The molecule has 0 saturated heterocycles. The molecule has 2 aliphatic rings. The van der Waals surface area contributed by atoms with Gasteiger partial charge < -0.3 is 19.5 Å². The fourth-order valence-corrected chi connectivity index (χ4v) is 3.78. The minimum Gasteiger partial charge on any atom is -0.493 e. The molecule has 1 N–H and O–H groups in total. The maximum absolute atomic E-state index is 13.3. The van der Waals surface area contributed by atoms with Gasteiger partial charge in [0.25, 0.3) is 11.8 Å². The highest BCUT2D eigenvalue weighted by molar-refractivity contribution is 6.36. The number of ether oxygens (including phenoxy) is 3. The number of nitrogens with zero attached hydrogens (tertiary/aromatic N) is 1. The molecule has 0 unspecified atom stereocenters. The molecule has 2 heterocycles. The lowest BCUT2D eigenvalue weighted by Gasteiger charge is -2.15. The van der Waals surface area contributed by atoms with Crippen LogP contribution in [0.1, 0.15) is 45.6 Å². The number of carbonyl (C=O) groups is 2. The Balaban J connectivity index is 1.64. The van der Waals surface area contributed by atoms with Gasteiger partial charge in [0, 0.05) is 18.3 Å². The minimum atomic E-state index is -0.316. The van der Waals surface area contributed by atoms with E-state index in [2.05, 4.69) is 26.1 Å². The van der Waals surface area contributed by atoms with Gasteiger partial charge in [-0.25, -0.2) is 0 Å². The number of anilines is 1. The normalized spacial score (nSPS) is 15.1.